The molecule has 0 aliphatic carbocycles. The van der Waals surface area contributed by atoms with E-state index in [1.54, 1.807) is 14.0 Å². The lowest BCUT2D eigenvalue weighted by Gasteiger charge is -2.24. The maximum atomic E-state index is 10.9. The summed E-state index contributed by atoms with van der Waals surface area (Å²) in [7, 11) is 1.62. The van der Waals surface area contributed by atoms with Gasteiger partial charge in [0.1, 0.15) is 11.8 Å². The third-order valence-corrected chi connectivity index (χ3v) is 2.86. The summed E-state index contributed by atoms with van der Waals surface area (Å²) in [5.74, 6) is 0.0171. The van der Waals surface area contributed by atoms with Crippen molar-refractivity contribution in [1.29, 1.82) is 0 Å². The van der Waals surface area contributed by atoms with Gasteiger partial charge in [-0.2, -0.15) is 0 Å². The molecule has 0 fully saturated rings. The molecule has 4 heteroatoms. The molecule has 0 saturated carbocycles. The SMILES string of the molecule is CCN(Cc1ccc(OC)cc1)C(C)C(=O)O. The van der Waals surface area contributed by atoms with Gasteiger partial charge in [0.05, 0.1) is 7.11 Å². The van der Waals surface area contributed by atoms with Crippen molar-refractivity contribution in [2.45, 2.75) is 26.4 Å². The van der Waals surface area contributed by atoms with Gasteiger partial charge in [-0.05, 0) is 31.2 Å². The number of carboxylic acid groups (broad SMARTS) is 1. The lowest BCUT2D eigenvalue weighted by molar-refractivity contribution is -0.142. The second-order valence-corrected chi connectivity index (χ2v) is 3.93. The molecule has 0 bridgehead atoms. The fourth-order valence-electron chi connectivity index (χ4n) is 1.64. The van der Waals surface area contributed by atoms with Crippen LogP contribution in [0.4, 0.5) is 0 Å². The van der Waals surface area contributed by atoms with Gasteiger partial charge in [0.15, 0.2) is 0 Å². The quantitative estimate of drug-likeness (QED) is 0.822. The molecule has 0 aliphatic heterocycles. The third kappa shape index (κ3) is 3.75. The minimum atomic E-state index is -0.791. The molecule has 0 aliphatic rings. The van der Waals surface area contributed by atoms with Crippen LogP contribution in [-0.2, 0) is 11.3 Å². The molecule has 1 N–H and O–H groups in total. The molecule has 1 unspecified atom stereocenters. The highest BCUT2D eigenvalue weighted by Gasteiger charge is 2.18. The van der Waals surface area contributed by atoms with Crippen molar-refractivity contribution >= 4 is 5.97 Å². The van der Waals surface area contributed by atoms with Crippen molar-refractivity contribution in [1.82, 2.24) is 4.90 Å². The summed E-state index contributed by atoms with van der Waals surface area (Å²) in [4.78, 5) is 12.8. The van der Waals surface area contributed by atoms with Crippen LogP contribution >= 0.6 is 0 Å². The minimum Gasteiger partial charge on any atom is -0.497 e. The van der Waals surface area contributed by atoms with Gasteiger partial charge in [0.25, 0.3) is 0 Å². The molecule has 0 amide bonds. The van der Waals surface area contributed by atoms with Gasteiger partial charge in [-0.1, -0.05) is 19.1 Å². The molecule has 1 aromatic carbocycles. The van der Waals surface area contributed by atoms with E-state index in [1.165, 1.54) is 0 Å². The van der Waals surface area contributed by atoms with Crippen LogP contribution in [0.2, 0.25) is 0 Å². The molecule has 0 saturated heterocycles. The second kappa shape index (κ2) is 6.25. The number of likely N-dealkylation sites (N-methyl/N-ethyl adjacent to an activating group) is 1. The Morgan fingerprint density at radius 2 is 2.00 bits per heavy atom. The zero-order chi connectivity index (χ0) is 12.8. The highest BCUT2D eigenvalue weighted by Crippen LogP contribution is 2.14. The average Bonchev–Trinajstić information content (AvgIpc) is 2.35. The molecule has 0 radical (unpaired) electrons. The highest BCUT2D eigenvalue weighted by molar-refractivity contribution is 5.72. The molecule has 0 aromatic heterocycles. The maximum absolute atomic E-state index is 10.9. The van der Waals surface area contributed by atoms with Crippen LogP contribution in [0.25, 0.3) is 0 Å². The first kappa shape index (κ1) is 13.5. The summed E-state index contributed by atoms with van der Waals surface area (Å²) < 4.78 is 5.08. The molecule has 1 atom stereocenters. The number of hydrogen-bond donors (Lipinski definition) is 1. The van der Waals surface area contributed by atoms with Crippen molar-refractivity contribution in [3.63, 3.8) is 0 Å². The number of benzene rings is 1. The summed E-state index contributed by atoms with van der Waals surface area (Å²) in [6.45, 7) is 5.01. The Bertz CT molecular complexity index is 361. The lowest BCUT2D eigenvalue weighted by atomic mass is 10.1. The Balaban J connectivity index is 2.70. The van der Waals surface area contributed by atoms with Crippen LogP contribution in [0.15, 0.2) is 24.3 Å². The van der Waals surface area contributed by atoms with Gasteiger partial charge >= 0.3 is 5.97 Å². The standard InChI is InChI=1S/C13H19NO3/c1-4-14(10(2)13(15)16)9-11-5-7-12(17-3)8-6-11/h5-8,10H,4,9H2,1-3H3,(H,15,16). The topological polar surface area (TPSA) is 49.8 Å². The molecule has 0 spiro atoms. The molecule has 94 valence electrons. The molecule has 0 heterocycles. The average molecular weight is 237 g/mol. The number of rotatable bonds is 6. The fourth-order valence-corrected chi connectivity index (χ4v) is 1.64. The van der Waals surface area contributed by atoms with Crippen LogP contribution in [0.1, 0.15) is 19.4 Å². The van der Waals surface area contributed by atoms with E-state index in [4.69, 9.17) is 9.84 Å². The van der Waals surface area contributed by atoms with Gasteiger partial charge in [-0.3, -0.25) is 9.69 Å². The summed E-state index contributed by atoms with van der Waals surface area (Å²) in [5.41, 5.74) is 1.08. The lowest BCUT2D eigenvalue weighted by Crippen LogP contribution is -2.38. The van der Waals surface area contributed by atoms with Crippen LogP contribution in [0.3, 0.4) is 0 Å². The van der Waals surface area contributed by atoms with Crippen molar-refractivity contribution in [2.24, 2.45) is 0 Å². The summed E-state index contributed by atoms with van der Waals surface area (Å²) in [6.07, 6.45) is 0. The largest absolute Gasteiger partial charge is 0.497 e. The van der Waals surface area contributed by atoms with Gasteiger partial charge in [-0.25, -0.2) is 0 Å². The molecule has 1 aromatic rings. The summed E-state index contributed by atoms with van der Waals surface area (Å²) in [6, 6.07) is 7.21. The number of aliphatic carboxylic acids is 1. The van der Waals surface area contributed by atoms with Crippen molar-refractivity contribution in [2.75, 3.05) is 13.7 Å². The van der Waals surface area contributed by atoms with Gasteiger partial charge in [-0.15, -0.1) is 0 Å². The Morgan fingerprint density at radius 1 is 1.41 bits per heavy atom. The van der Waals surface area contributed by atoms with E-state index in [-0.39, 0.29) is 0 Å². The van der Waals surface area contributed by atoms with Crippen LogP contribution in [0, 0.1) is 0 Å². The van der Waals surface area contributed by atoms with Gasteiger partial charge in [0.2, 0.25) is 0 Å². The minimum absolute atomic E-state index is 0.470. The van der Waals surface area contributed by atoms with E-state index in [1.807, 2.05) is 36.1 Å². The first-order chi connectivity index (χ1) is 8.08. The van der Waals surface area contributed by atoms with E-state index in [9.17, 15) is 4.79 Å². The number of methoxy groups -OCH3 is 1. The molecule has 17 heavy (non-hydrogen) atoms. The van der Waals surface area contributed by atoms with Crippen LogP contribution in [0.5, 0.6) is 5.75 Å². The Labute approximate surface area is 102 Å². The summed E-state index contributed by atoms with van der Waals surface area (Å²) >= 11 is 0. The van der Waals surface area contributed by atoms with E-state index >= 15 is 0 Å². The Kier molecular flexibility index (Phi) is 4.97. The zero-order valence-corrected chi connectivity index (χ0v) is 10.5. The Hall–Kier alpha value is -1.55. The number of carboxylic acids is 1. The molecular formula is C13H19NO3. The Morgan fingerprint density at radius 3 is 2.41 bits per heavy atom. The van der Waals surface area contributed by atoms with E-state index in [0.29, 0.717) is 13.1 Å². The number of nitrogens with zero attached hydrogens (tertiary/aromatic N) is 1. The maximum Gasteiger partial charge on any atom is 0.320 e. The van der Waals surface area contributed by atoms with E-state index in [2.05, 4.69) is 0 Å². The van der Waals surface area contributed by atoms with E-state index < -0.39 is 12.0 Å². The normalized spacial score (nSPS) is 12.5. The first-order valence-electron chi connectivity index (χ1n) is 5.68. The van der Waals surface area contributed by atoms with E-state index in [0.717, 1.165) is 11.3 Å². The molecular weight excluding hydrogens is 218 g/mol. The smallest absolute Gasteiger partial charge is 0.320 e. The fraction of sp³-hybridized carbons (Fsp3) is 0.462. The summed E-state index contributed by atoms with van der Waals surface area (Å²) in [5, 5.41) is 8.98. The number of ether oxygens (including phenoxy) is 1. The third-order valence-electron chi connectivity index (χ3n) is 2.86. The van der Waals surface area contributed by atoms with Crippen molar-refractivity contribution < 1.29 is 14.6 Å². The van der Waals surface area contributed by atoms with Crippen LogP contribution in [-0.4, -0.2) is 35.7 Å². The zero-order valence-electron chi connectivity index (χ0n) is 10.5. The number of hydrogen-bond acceptors (Lipinski definition) is 3. The predicted molar refractivity (Wildman–Crippen MR) is 66.2 cm³/mol. The molecule has 1 rings (SSSR count). The van der Waals surface area contributed by atoms with Crippen molar-refractivity contribution in [3.8, 4) is 5.75 Å². The van der Waals surface area contributed by atoms with Crippen LogP contribution < -0.4 is 4.74 Å². The predicted octanol–water partition coefficient (Wildman–Crippen LogP) is 1.99. The first-order valence-corrected chi connectivity index (χ1v) is 5.68. The monoisotopic (exact) mass is 237 g/mol. The highest BCUT2D eigenvalue weighted by atomic mass is 16.5. The van der Waals surface area contributed by atoms with Gasteiger partial charge < -0.3 is 9.84 Å². The molecule has 4 nitrogen and oxygen atoms in total. The van der Waals surface area contributed by atoms with Gasteiger partial charge in [0, 0.05) is 6.54 Å². The second-order valence-electron chi connectivity index (χ2n) is 3.93. The number of carbonyl (C=O) groups is 1. The van der Waals surface area contributed by atoms with Crippen molar-refractivity contribution in [3.05, 3.63) is 29.8 Å².